The van der Waals surface area contributed by atoms with Gasteiger partial charge in [-0.3, -0.25) is 14.9 Å². The largest absolute Gasteiger partial charge is 0.492 e. The number of aromatic nitrogens is 2. The van der Waals surface area contributed by atoms with E-state index in [4.69, 9.17) is 4.74 Å². The highest BCUT2D eigenvalue weighted by atomic mass is 19.1. The molecule has 34 heavy (non-hydrogen) atoms. The predicted octanol–water partition coefficient (Wildman–Crippen LogP) is 4.32. The third kappa shape index (κ3) is 5.63. The topological polar surface area (TPSA) is 99.3 Å². The number of nitro groups is 1. The van der Waals surface area contributed by atoms with Gasteiger partial charge in [-0.2, -0.15) is 5.10 Å². The second-order valence-corrected chi connectivity index (χ2v) is 7.42. The Labute approximate surface area is 194 Å². The zero-order valence-electron chi connectivity index (χ0n) is 18.1. The van der Waals surface area contributed by atoms with E-state index in [1.54, 1.807) is 23.0 Å². The third-order valence-electron chi connectivity index (χ3n) is 5.02. The molecular weight excluding hydrogens is 439 g/mol. The monoisotopic (exact) mass is 460 g/mol. The normalized spacial score (nSPS) is 10.6. The molecular formula is C25H21FN4O4. The lowest BCUT2D eigenvalue weighted by molar-refractivity contribution is -0.384. The minimum Gasteiger partial charge on any atom is -0.492 e. The van der Waals surface area contributed by atoms with Crippen molar-refractivity contribution in [2.24, 2.45) is 0 Å². The van der Waals surface area contributed by atoms with Crippen molar-refractivity contribution < 1.29 is 18.8 Å². The van der Waals surface area contributed by atoms with Crippen LogP contribution < -0.4 is 10.1 Å². The zero-order valence-corrected chi connectivity index (χ0v) is 18.1. The van der Waals surface area contributed by atoms with E-state index in [0.717, 1.165) is 5.69 Å². The van der Waals surface area contributed by atoms with E-state index < -0.39 is 4.92 Å². The average Bonchev–Trinajstić information content (AvgIpc) is 3.27. The lowest BCUT2D eigenvalue weighted by Gasteiger charge is -2.08. The van der Waals surface area contributed by atoms with E-state index in [9.17, 15) is 19.3 Å². The number of carbonyl (C=O) groups is 1. The van der Waals surface area contributed by atoms with Crippen LogP contribution in [-0.4, -0.2) is 33.8 Å². The van der Waals surface area contributed by atoms with Crippen LogP contribution in [0.2, 0.25) is 0 Å². The Morgan fingerprint density at radius 2 is 1.74 bits per heavy atom. The SMILES string of the molecule is O=C(Cc1cn(-c2ccccc2)nc1-c1ccc([N+](=O)[O-])cc1)NCCOc1ccc(F)cc1. The second-order valence-electron chi connectivity index (χ2n) is 7.42. The molecule has 0 spiro atoms. The minimum atomic E-state index is -0.464. The van der Waals surface area contributed by atoms with Gasteiger partial charge in [0.25, 0.3) is 5.69 Å². The summed E-state index contributed by atoms with van der Waals surface area (Å²) in [5, 5.41) is 18.4. The third-order valence-corrected chi connectivity index (χ3v) is 5.02. The highest BCUT2D eigenvalue weighted by Crippen LogP contribution is 2.26. The molecule has 0 saturated heterocycles. The van der Waals surface area contributed by atoms with Crippen LogP contribution in [0.1, 0.15) is 5.56 Å². The number of ether oxygens (including phenoxy) is 1. The summed E-state index contributed by atoms with van der Waals surface area (Å²) in [5.74, 6) is -0.0562. The molecule has 0 unspecified atom stereocenters. The molecule has 1 N–H and O–H groups in total. The Morgan fingerprint density at radius 1 is 1.03 bits per heavy atom. The molecule has 1 amide bonds. The molecule has 4 aromatic rings. The highest BCUT2D eigenvalue weighted by molar-refractivity contribution is 5.81. The van der Waals surface area contributed by atoms with Crippen LogP contribution in [0.3, 0.4) is 0 Å². The van der Waals surface area contributed by atoms with Gasteiger partial charge in [-0.1, -0.05) is 18.2 Å². The predicted molar refractivity (Wildman–Crippen MR) is 124 cm³/mol. The first-order valence-corrected chi connectivity index (χ1v) is 10.5. The summed E-state index contributed by atoms with van der Waals surface area (Å²) in [4.78, 5) is 23.1. The van der Waals surface area contributed by atoms with E-state index in [-0.39, 0.29) is 37.0 Å². The van der Waals surface area contributed by atoms with E-state index >= 15 is 0 Å². The minimum absolute atomic E-state index is 0.0216. The number of carbonyl (C=O) groups excluding carboxylic acids is 1. The number of hydrogen-bond donors (Lipinski definition) is 1. The number of rotatable bonds is 9. The van der Waals surface area contributed by atoms with Crippen molar-refractivity contribution in [3.05, 3.63) is 107 Å². The van der Waals surface area contributed by atoms with Gasteiger partial charge in [-0.15, -0.1) is 0 Å². The lowest BCUT2D eigenvalue weighted by Crippen LogP contribution is -2.29. The Balaban J connectivity index is 1.46. The van der Waals surface area contributed by atoms with Crippen molar-refractivity contribution in [1.29, 1.82) is 0 Å². The Morgan fingerprint density at radius 3 is 2.41 bits per heavy atom. The maximum absolute atomic E-state index is 13.0. The summed E-state index contributed by atoms with van der Waals surface area (Å²) >= 11 is 0. The number of amides is 1. The molecule has 9 heteroatoms. The summed E-state index contributed by atoms with van der Waals surface area (Å²) in [5.41, 5.74) is 2.71. The van der Waals surface area contributed by atoms with Crippen molar-refractivity contribution in [2.45, 2.75) is 6.42 Å². The molecule has 0 aliphatic carbocycles. The fraction of sp³-hybridized carbons (Fsp3) is 0.120. The van der Waals surface area contributed by atoms with Crippen LogP contribution >= 0.6 is 0 Å². The van der Waals surface area contributed by atoms with E-state index in [0.29, 0.717) is 22.6 Å². The van der Waals surface area contributed by atoms with Crippen LogP contribution in [0.5, 0.6) is 5.75 Å². The van der Waals surface area contributed by atoms with Crippen LogP contribution in [0.15, 0.2) is 85.1 Å². The molecule has 0 radical (unpaired) electrons. The number of nitro benzene ring substituents is 1. The molecule has 1 heterocycles. The molecule has 4 rings (SSSR count). The lowest BCUT2D eigenvalue weighted by atomic mass is 10.1. The molecule has 8 nitrogen and oxygen atoms in total. The van der Waals surface area contributed by atoms with Crippen molar-refractivity contribution in [3.63, 3.8) is 0 Å². The summed E-state index contributed by atoms with van der Waals surface area (Å²) < 4.78 is 20.1. The van der Waals surface area contributed by atoms with Gasteiger partial charge in [0.2, 0.25) is 5.91 Å². The van der Waals surface area contributed by atoms with Gasteiger partial charge in [-0.05, 0) is 48.5 Å². The molecule has 0 atom stereocenters. The fourth-order valence-electron chi connectivity index (χ4n) is 3.36. The Bertz CT molecular complexity index is 1270. The Hall–Kier alpha value is -4.53. The molecule has 3 aromatic carbocycles. The molecule has 0 aliphatic heterocycles. The maximum atomic E-state index is 13.0. The number of nitrogens with zero attached hydrogens (tertiary/aromatic N) is 3. The van der Waals surface area contributed by atoms with Crippen LogP contribution in [0, 0.1) is 15.9 Å². The van der Waals surface area contributed by atoms with Gasteiger partial charge in [0.05, 0.1) is 29.3 Å². The van der Waals surface area contributed by atoms with Crippen molar-refractivity contribution >= 4 is 11.6 Å². The van der Waals surface area contributed by atoms with Crippen LogP contribution in [-0.2, 0) is 11.2 Å². The Kier molecular flexibility index (Phi) is 6.92. The van der Waals surface area contributed by atoms with Gasteiger partial charge < -0.3 is 10.1 Å². The second kappa shape index (κ2) is 10.4. The van der Waals surface area contributed by atoms with Crippen LogP contribution in [0.4, 0.5) is 10.1 Å². The van der Waals surface area contributed by atoms with Crippen LogP contribution in [0.25, 0.3) is 16.9 Å². The van der Waals surface area contributed by atoms with E-state index in [1.807, 2.05) is 30.3 Å². The van der Waals surface area contributed by atoms with Crippen molar-refractivity contribution in [3.8, 4) is 22.7 Å². The molecule has 172 valence electrons. The number of nitrogens with one attached hydrogen (secondary N) is 1. The van der Waals surface area contributed by atoms with Gasteiger partial charge in [0.1, 0.15) is 18.2 Å². The average molecular weight is 460 g/mol. The fourth-order valence-corrected chi connectivity index (χ4v) is 3.36. The summed E-state index contributed by atoms with van der Waals surface area (Å²) in [7, 11) is 0. The quantitative estimate of drug-likeness (QED) is 0.228. The number of hydrogen-bond acceptors (Lipinski definition) is 5. The van der Waals surface area contributed by atoms with E-state index in [2.05, 4.69) is 10.4 Å². The summed E-state index contributed by atoms with van der Waals surface area (Å²) in [6, 6.07) is 21.2. The molecule has 0 aliphatic rings. The molecule has 1 aromatic heterocycles. The van der Waals surface area contributed by atoms with Gasteiger partial charge in [0.15, 0.2) is 0 Å². The molecule has 0 fully saturated rings. The van der Waals surface area contributed by atoms with Crippen molar-refractivity contribution in [1.82, 2.24) is 15.1 Å². The highest BCUT2D eigenvalue weighted by Gasteiger charge is 2.16. The number of halogens is 1. The number of benzene rings is 3. The first-order valence-electron chi connectivity index (χ1n) is 10.5. The standard InChI is InChI=1S/C25H21FN4O4/c26-20-8-12-23(13-9-20)34-15-14-27-24(31)16-19-17-29(21-4-2-1-3-5-21)28-25(19)18-6-10-22(11-7-18)30(32)33/h1-13,17H,14-16H2,(H,27,31). The number of non-ortho nitro benzene ring substituents is 1. The smallest absolute Gasteiger partial charge is 0.269 e. The molecule has 0 bridgehead atoms. The number of para-hydroxylation sites is 1. The summed E-state index contributed by atoms with van der Waals surface area (Å²) in [6.07, 6.45) is 1.84. The van der Waals surface area contributed by atoms with Gasteiger partial charge in [0, 0.05) is 29.5 Å². The zero-order chi connectivity index (χ0) is 23.9. The van der Waals surface area contributed by atoms with Gasteiger partial charge >= 0.3 is 0 Å². The first kappa shape index (κ1) is 22.7. The van der Waals surface area contributed by atoms with Crippen molar-refractivity contribution in [2.75, 3.05) is 13.2 Å². The van der Waals surface area contributed by atoms with E-state index in [1.165, 1.54) is 36.4 Å². The molecule has 0 saturated carbocycles. The first-order chi connectivity index (χ1) is 16.5. The maximum Gasteiger partial charge on any atom is 0.269 e. The summed E-state index contributed by atoms with van der Waals surface area (Å²) in [6.45, 7) is 0.506. The van der Waals surface area contributed by atoms with Gasteiger partial charge in [-0.25, -0.2) is 9.07 Å².